The van der Waals surface area contributed by atoms with Crippen LogP contribution < -0.4 is 9.46 Å². The molecule has 0 bridgehead atoms. The SMILES string of the molecule is CC(C)[C@@H]1CCN(C2CCOc3cc(S(=O)(=O)Nc4ncns4)ccc32)[C@H](c2ccccc2)C1. The van der Waals surface area contributed by atoms with Gasteiger partial charge < -0.3 is 4.74 Å². The lowest BCUT2D eigenvalue weighted by molar-refractivity contribution is 0.0346. The Hall–Kier alpha value is -2.49. The maximum Gasteiger partial charge on any atom is 0.263 e. The van der Waals surface area contributed by atoms with Gasteiger partial charge in [0.25, 0.3) is 10.0 Å². The highest BCUT2D eigenvalue weighted by Gasteiger charge is 2.38. The summed E-state index contributed by atoms with van der Waals surface area (Å²) >= 11 is 1.00. The number of piperidine rings is 1. The Labute approximate surface area is 205 Å². The Morgan fingerprint density at radius 2 is 1.94 bits per heavy atom. The van der Waals surface area contributed by atoms with E-state index in [1.165, 1.54) is 18.3 Å². The van der Waals surface area contributed by atoms with Crippen LogP contribution in [0.3, 0.4) is 0 Å². The molecule has 3 aromatic rings. The largest absolute Gasteiger partial charge is 0.493 e. The van der Waals surface area contributed by atoms with E-state index in [2.05, 4.69) is 63.2 Å². The van der Waals surface area contributed by atoms with Crippen LogP contribution in [0.25, 0.3) is 0 Å². The number of ether oxygens (including phenoxy) is 1. The standard InChI is InChI=1S/C25H30N4O3S2/c1-17(2)19-10-12-29(23(14-19)18-6-4-3-5-7-18)22-11-13-32-24-15-20(8-9-21(22)24)34(30,31)28-25-26-16-27-33-25/h3-9,15-17,19,22-23H,10-14H2,1-2H3,(H,26,27,28)/t19-,22?,23+/m1/s1. The third-order valence-corrected chi connectivity index (χ3v) is 9.14. The molecule has 0 saturated carbocycles. The highest BCUT2D eigenvalue weighted by atomic mass is 32.2. The summed E-state index contributed by atoms with van der Waals surface area (Å²) < 4.78 is 38.1. The van der Waals surface area contributed by atoms with Gasteiger partial charge in [-0.3, -0.25) is 9.62 Å². The van der Waals surface area contributed by atoms with E-state index in [1.807, 2.05) is 6.07 Å². The molecule has 2 aliphatic rings. The molecule has 2 aromatic carbocycles. The average molecular weight is 499 g/mol. The Morgan fingerprint density at radius 3 is 2.68 bits per heavy atom. The fourth-order valence-corrected chi connectivity index (χ4v) is 6.92. The average Bonchev–Trinajstić information content (AvgIpc) is 3.36. The Kier molecular flexibility index (Phi) is 6.59. The van der Waals surface area contributed by atoms with E-state index in [0.717, 1.165) is 36.5 Å². The lowest BCUT2D eigenvalue weighted by atomic mass is 9.79. The molecule has 1 saturated heterocycles. The number of hydrogen-bond acceptors (Lipinski definition) is 7. The van der Waals surface area contributed by atoms with Gasteiger partial charge in [0.15, 0.2) is 0 Å². The highest BCUT2D eigenvalue weighted by Crippen LogP contribution is 2.46. The number of sulfonamides is 1. The van der Waals surface area contributed by atoms with E-state index in [-0.39, 0.29) is 16.1 Å². The van der Waals surface area contributed by atoms with Crippen molar-refractivity contribution in [2.45, 2.75) is 50.1 Å². The summed E-state index contributed by atoms with van der Waals surface area (Å²) in [5.74, 6) is 2.00. The van der Waals surface area contributed by atoms with E-state index in [9.17, 15) is 8.42 Å². The van der Waals surface area contributed by atoms with Crippen molar-refractivity contribution in [3.05, 3.63) is 66.0 Å². The van der Waals surface area contributed by atoms with Crippen molar-refractivity contribution in [3.63, 3.8) is 0 Å². The van der Waals surface area contributed by atoms with Gasteiger partial charge in [0, 0.05) is 41.7 Å². The number of likely N-dealkylation sites (tertiary alicyclic amines) is 1. The Balaban J connectivity index is 1.45. The Morgan fingerprint density at radius 1 is 1.12 bits per heavy atom. The van der Waals surface area contributed by atoms with Crippen LogP contribution in [0.15, 0.2) is 59.8 Å². The molecular formula is C25H30N4O3S2. The summed E-state index contributed by atoms with van der Waals surface area (Å²) in [6, 6.07) is 16.5. The van der Waals surface area contributed by atoms with Gasteiger partial charge in [-0.1, -0.05) is 50.2 Å². The van der Waals surface area contributed by atoms with Gasteiger partial charge in [-0.2, -0.15) is 4.37 Å². The molecule has 1 fully saturated rings. The fraction of sp³-hybridized carbons (Fsp3) is 0.440. The molecule has 3 heterocycles. The molecule has 1 N–H and O–H groups in total. The van der Waals surface area contributed by atoms with Crippen LogP contribution in [0.2, 0.25) is 0 Å². The van der Waals surface area contributed by atoms with Gasteiger partial charge in [0.1, 0.15) is 12.1 Å². The summed E-state index contributed by atoms with van der Waals surface area (Å²) in [4.78, 5) is 6.70. The first-order chi connectivity index (χ1) is 16.4. The number of fused-ring (bicyclic) bond motifs is 1. The van der Waals surface area contributed by atoms with Crippen LogP contribution in [-0.2, 0) is 10.0 Å². The first kappa shape index (κ1) is 23.3. The Bertz CT molecular complexity index is 1220. The number of nitrogens with zero attached hydrogens (tertiary/aromatic N) is 3. The minimum atomic E-state index is -3.77. The maximum absolute atomic E-state index is 12.9. The highest BCUT2D eigenvalue weighted by molar-refractivity contribution is 7.93. The molecule has 5 rings (SSSR count). The van der Waals surface area contributed by atoms with Gasteiger partial charge in [-0.15, -0.1) is 0 Å². The van der Waals surface area contributed by atoms with Crippen molar-refractivity contribution >= 4 is 26.7 Å². The van der Waals surface area contributed by atoms with E-state index < -0.39 is 10.0 Å². The van der Waals surface area contributed by atoms with Crippen LogP contribution in [0.5, 0.6) is 5.75 Å². The topological polar surface area (TPSA) is 84.4 Å². The van der Waals surface area contributed by atoms with Crippen molar-refractivity contribution in [2.24, 2.45) is 11.8 Å². The summed E-state index contributed by atoms with van der Waals surface area (Å²) in [6.07, 6.45) is 4.52. The molecule has 34 heavy (non-hydrogen) atoms. The first-order valence-corrected chi connectivity index (χ1v) is 14.0. The van der Waals surface area contributed by atoms with Crippen molar-refractivity contribution in [1.29, 1.82) is 0 Å². The van der Waals surface area contributed by atoms with Gasteiger partial charge >= 0.3 is 0 Å². The molecule has 0 spiro atoms. The van der Waals surface area contributed by atoms with Gasteiger partial charge in [0.05, 0.1) is 11.5 Å². The van der Waals surface area contributed by atoms with E-state index in [4.69, 9.17) is 4.74 Å². The van der Waals surface area contributed by atoms with Crippen LogP contribution in [0.1, 0.15) is 56.3 Å². The van der Waals surface area contributed by atoms with Crippen molar-refractivity contribution < 1.29 is 13.2 Å². The molecule has 2 aliphatic heterocycles. The van der Waals surface area contributed by atoms with E-state index in [0.29, 0.717) is 30.2 Å². The zero-order chi connectivity index (χ0) is 23.7. The van der Waals surface area contributed by atoms with Crippen LogP contribution in [0.4, 0.5) is 5.13 Å². The number of hydrogen-bond donors (Lipinski definition) is 1. The number of anilines is 1. The molecular weight excluding hydrogens is 468 g/mol. The minimum absolute atomic E-state index is 0.167. The summed E-state index contributed by atoms with van der Waals surface area (Å²) in [6.45, 7) is 6.23. The molecule has 0 aliphatic carbocycles. The lowest BCUT2D eigenvalue weighted by Gasteiger charge is -2.46. The molecule has 3 atom stereocenters. The van der Waals surface area contributed by atoms with Crippen LogP contribution in [0, 0.1) is 11.8 Å². The molecule has 180 valence electrons. The number of aromatic nitrogens is 2. The third kappa shape index (κ3) is 4.69. The second-order valence-electron chi connectivity index (χ2n) is 9.40. The molecule has 1 aromatic heterocycles. The smallest absolute Gasteiger partial charge is 0.263 e. The summed E-state index contributed by atoms with van der Waals surface area (Å²) in [5, 5.41) is 0.246. The molecule has 0 amide bonds. The van der Waals surface area contributed by atoms with Crippen molar-refractivity contribution in [3.8, 4) is 5.75 Å². The molecule has 1 unspecified atom stereocenters. The summed E-state index contributed by atoms with van der Waals surface area (Å²) in [7, 11) is -3.77. The molecule has 0 radical (unpaired) electrons. The maximum atomic E-state index is 12.9. The zero-order valence-corrected chi connectivity index (χ0v) is 21.1. The monoisotopic (exact) mass is 498 g/mol. The normalized spacial score (nSPS) is 23.3. The predicted octanol–water partition coefficient (Wildman–Crippen LogP) is 5.27. The first-order valence-electron chi connectivity index (χ1n) is 11.8. The van der Waals surface area contributed by atoms with Crippen molar-refractivity contribution in [2.75, 3.05) is 17.9 Å². The zero-order valence-electron chi connectivity index (χ0n) is 19.4. The number of rotatable bonds is 6. The minimum Gasteiger partial charge on any atom is -0.493 e. The van der Waals surface area contributed by atoms with Gasteiger partial charge in [-0.25, -0.2) is 13.4 Å². The summed E-state index contributed by atoms with van der Waals surface area (Å²) in [5.41, 5.74) is 2.41. The predicted molar refractivity (Wildman–Crippen MR) is 133 cm³/mol. The molecule has 9 heteroatoms. The van der Waals surface area contributed by atoms with Gasteiger partial charge in [0.2, 0.25) is 5.13 Å². The second kappa shape index (κ2) is 9.64. The number of benzene rings is 2. The quantitative estimate of drug-likeness (QED) is 0.498. The fourth-order valence-electron chi connectivity index (χ4n) is 5.25. The van der Waals surface area contributed by atoms with Crippen LogP contribution >= 0.6 is 11.5 Å². The van der Waals surface area contributed by atoms with Crippen molar-refractivity contribution in [1.82, 2.24) is 14.3 Å². The molecule has 7 nitrogen and oxygen atoms in total. The number of nitrogens with one attached hydrogen (secondary N) is 1. The van der Waals surface area contributed by atoms with E-state index in [1.54, 1.807) is 12.1 Å². The second-order valence-corrected chi connectivity index (χ2v) is 11.9. The van der Waals surface area contributed by atoms with E-state index >= 15 is 0 Å². The van der Waals surface area contributed by atoms with Crippen LogP contribution in [-0.4, -0.2) is 35.8 Å². The van der Waals surface area contributed by atoms with Gasteiger partial charge in [-0.05, 0) is 42.9 Å². The lowest BCUT2D eigenvalue weighted by Crippen LogP contribution is -2.42. The third-order valence-electron chi connectivity index (χ3n) is 7.10.